The van der Waals surface area contributed by atoms with Gasteiger partial charge in [-0.2, -0.15) is 5.26 Å². The molecule has 1 aromatic carbocycles. The van der Waals surface area contributed by atoms with E-state index in [9.17, 15) is 0 Å². The molecule has 1 aliphatic heterocycles. The van der Waals surface area contributed by atoms with Crippen LogP contribution in [0.5, 0.6) is 0 Å². The predicted octanol–water partition coefficient (Wildman–Crippen LogP) is 4.46. The van der Waals surface area contributed by atoms with Crippen molar-refractivity contribution in [3.05, 3.63) is 63.9 Å². The van der Waals surface area contributed by atoms with Crippen LogP contribution in [-0.4, -0.2) is 46.1 Å². The molecule has 0 saturated carbocycles. The number of hydrogen-bond donors (Lipinski definition) is 2. The number of aliphatic imine (C=N–C) groups is 2. The summed E-state index contributed by atoms with van der Waals surface area (Å²) in [6.07, 6.45) is 3.22. The summed E-state index contributed by atoms with van der Waals surface area (Å²) in [5.74, 6) is 1.72. The molecule has 0 aliphatic carbocycles. The average molecular weight is 465 g/mol. The Kier molecular flexibility index (Phi) is 6.59. The summed E-state index contributed by atoms with van der Waals surface area (Å²) in [6.45, 7) is 3.61. The lowest BCUT2D eigenvalue weighted by Crippen LogP contribution is -2.16. The maximum atomic E-state index is 8.84. The number of amidine groups is 1. The first kappa shape index (κ1) is 21.7. The molecule has 3 aromatic rings. The van der Waals surface area contributed by atoms with Crippen LogP contribution in [-0.2, 0) is 0 Å². The van der Waals surface area contributed by atoms with Crippen molar-refractivity contribution < 1.29 is 0 Å². The summed E-state index contributed by atoms with van der Waals surface area (Å²) >= 11 is 12.5. The van der Waals surface area contributed by atoms with Crippen LogP contribution in [0, 0.1) is 11.3 Å². The fourth-order valence-electron chi connectivity index (χ4n) is 3.03. The summed E-state index contributed by atoms with van der Waals surface area (Å²) in [7, 11) is 0. The van der Waals surface area contributed by atoms with E-state index in [-0.39, 0.29) is 0 Å². The number of nitrogens with zero attached hydrogens (tertiary/aromatic N) is 6. The number of aromatic nitrogens is 3. The first-order valence-corrected chi connectivity index (χ1v) is 10.5. The van der Waals surface area contributed by atoms with E-state index in [0.717, 1.165) is 11.3 Å². The summed E-state index contributed by atoms with van der Waals surface area (Å²) < 4.78 is 0. The Morgan fingerprint density at radius 2 is 1.88 bits per heavy atom. The Labute approximate surface area is 195 Å². The molecule has 2 N–H and O–H groups in total. The lowest BCUT2D eigenvalue weighted by Gasteiger charge is -2.12. The third kappa shape index (κ3) is 5.02. The number of hydrogen-bond acceptors (Lipinski definition) is 8. The number of nitrogens with one attached hydrogen (secondary N) is 2. The number of halogens is 2. The minimum atomic E-state index is 0.448. The molecule has 32 heavy (non-hydrogen) atoms. The zero-order valence-corrected chi connectivity index (χ0v) is 18.6. The summed E-state index contributed by atoms with van der Waals surface area (Å²) in [5, 5.41) is 16.2. The zero-order chi connectivity index (χ0) is 22.5. The van der Waals surface area contributed by atoms with Gasteiger partial charge in [-0.3, -0.25) is 4.99 Å². The molecule has 10 heteroatoms. The summed E-state index contributed by atoms with van der Waals surface area (Å²) in [5.41, 5.74) is 3.50. The number of benzene rings is 1. The Morgan fingerprint density at radius 1 is 1.03 bits per heavy atom. The standard InChI is InChI=1S/C22H18Cl2N8/c1-13-10-29-21(31-13)17-12-30-22(32-20(17)16-4-3-15(23)8-18(16)24)27-7-6-26-19-5-2-14(9-25)11-28-19/h2-5,8,11-12H,6-7,10H2,1H3,(H,26,28)(H,27,30,32). The second-order valence-electron chi connectivity index (χ2n) is 6.96. The number of rotatable bonds is 7. The molecular weight excluding hydrogens is 447 g/mol. The lowest BCUT2D eigenvalue weighted by molar-refractivity contribution is 1.02. The first-order chi connectivity index (χ1) is 15.5. The molecule has 1 aliphatic rings. The van der Waals surface area contributed by atoms with Crippen LogP contribution in [0.4, 0.5) is 11.8 Å². The van der Waals surface area contributed by atoms with Crippen LogP contribution in [0.15, 0.2) is 52.7 Å². The van der Waals surface area contributed by atoms with E-state index in [1.807, 2.05) is 19.1 Å². The summed E-state index contributed by atoms with van der Waals surface area (Å²) in [6, 6.07) is 10.8. The van der Waals surface area contributed by atoms with Gasteiger partial charge in [-0.15, -0.1) is 0 Å². The van der Waals surface area contributed by atoms with Gasteiger partial charge in [0.05, 0.1) is 28.4 Å². The smallest absolute Gasteiger partial charge is 0.223 e. The van der Waals surface area contributed by atoms with Crippen molar-refractivity contribution in [2.24, 2.45) is 9.98 Å². The van der Waals surface area contributed by atoms with Crippen molar-refractivity contribution in [3.8, 4) is 17.3 Å². The Balaban J connectivity index is 1.52. The Bertz CT molecular complexity index is 1250. The average Bonchev–Trinajstić information content (AvgIpc) is 3.23. The largest absolute Gasteiger partial charge is 0.368 e. The molecule has 0 bridgehead atoms. The van der Waals surface area contributed by atoms with Crippen LogP contribution < -0.4 is 10.6 Å². The van der Waals surface area contributed by atoms with Gasteiger partial charge >= 0.3 is 0 Å². The van der Waals surface area contributed by atoms with Gasteiger partial charge in [-0.25, -0.2) is 19.9 Å². The van der Waals surface area contributed by atoms with Crippen LogP contribution in [0.1, 0.15) is 18.1 Å². The van der Waals surface area contributed by atoms with E-state index in [1.54, 1.807) is 30.5 Å². The molecule has 2 aromatic heterocycles. The molecule has 4 rings (SSSR count). The molecule has 0 saturated heterocycles. The van der Waals surface area contributed by atoms with E-state index in [4.69, 9.17) is 33.4 Å². The normalized spacial score (nSPS) is 12.7. The molecule has 0 spiro atoms. The SMILES string of the molecule is CC1=NC(c2cnc(NCCNc3ccc(C#N)cn3)nc2-c2ccc(Cl)cc2Cl)=NC1. The van der Waals surface area contributed by atoms with Crippen molar-refractivity contribution >= 4 is 46.5 Å². The van der Waals surface area contributed by atoms with Crippen molar-refractivity contribution in [2.75, 3.05) is 30.3 Å². The highest BCUT2D eigenvalue weighted by molar-refractivity contribution is 6.36. The van der Waals surface area contributed by atoms with Gasteiger partial charge in [0, 0.05) is 41.8 Å². The highest BCUT2D eigenvalue weighted by Crippen LogP contribution is 2.32. The second-order valence-corrected chi connectivity index (χ2v) is 7.81. The van der Waals surface area contributed by atoms with Gasteiger partial charge in [0.2, 0.25) is 5.95 Å². The van der Waals surface area contributed by atoms with Gasteiger partial charge in [-0.05, 0) is 37.3 Å². The minimum absolute atomic E-state index is 0.448. The van der Waals surface area contributed by atoms with Crippen LogP contribution in [0.3, 0.4) is 0 Å². The first-order valence-electron chi connectivity index (χ1n) is 9.79. The van der Waals surface area contributed by atoms with E-state index < -0.39 is 0 Å². The Morgan fingerprint density at radius 3 is 2.56 bits per heavy atom. The Hall–Kier alpha value is -3.54. The van der Waals surface area contributed by atoms with Gasteiger partial charge in [0.25, 0.3) is 0 Å². The highest BCUT2D eigenvalue weighted by atomic mass is 35.5. The van der Waals surface area contributed by atoms with Crippen molar-refractivity contribution in [3.63, 3.8) is 0 Å². The number of nitriles is 1. The van der Waals surface area contributed by atoms with Crippen molar-refractivity contribution in [1.82, 2.24) is 15.0 Å². The fraction of sp³-hybridized carbons (Fsp3) is 0.182. The van der Waals surface area contributed by atoms with Crippen LogP contribution in [0.2, 0.25) is 10.0 Å². The summed E-state index contributed by atoms with van der Waals surface area (Å²) in [4.78, 5) is 22.3. The third-order valence-electron chi connectivity index (χ3n) is 4.58. The van der Waals surface area contributed by atoms with E-state index in [0.29, 0.717) is 64.1 Å². The van der Waals surface area contributed by atoms with Crippen LogP contribution >= 0.6 is 23.2 Å². The quantitative estimate of drug-likeness (QED) is 0.499. The molecule has 0 atom stereocenters. The molecule has 0 radical (unpaired) electrons. The van der Waals surface area contributed by atoms with E-state index >= 15 is 0 Å². The van der Waals surface area contributed by atoms with Gasteiger partial charge in [-0.1, -0.05) is 23.2 Å². The van der Waals surface area contributed by atoms with E-state index in [1.165, 1.54) is 6.20 Å². The molecule has 0 unspecified atom stereocenters. The maximum Gasteiger partial charge on any atom is 0.223 e. The molecular formula is C22H18Cl2N8. The topological polar surface area (TPSA) is 111 Å². The van der Waals surface area contributed by atoms with Crippen molar-refractivity contribution in [1.29, 1.82) is 5.26 Å². The number of anilines is 2. The van der Waals surface area contributed by atoms with Gasteiger partial charge in [0.15, 0.2) is 5.84 Å². The lowest BCUT2D eigenvalue weighted by atomic mass is 10.1. The molecule has 0 fully saturated rings. The predicted molar refractivity (Wildman–Crippen MR) is 128 cm³/mol. The van der Waals surface area contributed by atoms with Gasteiger partial charge in [0.1, 0.15) is 11.9 Å². The fourth-order valence-corrected chi connectivity index (χ4v) is 3.53. The molecule has 8 nitrogen and oxygen atoms in total. The maximum absolute atomic E-state index is 8.84. The van der Waals surface area contributed by atoms with Crippen molar-refractivity contribution in [2.45, 2.75) is 6.92 Å². The highest BCUT2D eigenvalue weighted by Gasteiger charge is 2.19. The monoisotopic (exact) mass is 464 g/mol. The zero-order valence-electron chi connectivity index (χ0n) is 17.1. The molecule has 160 valence electrons. The molecule has 3 heterocycles. The second kappa shape index (κ2) is 9.73. The number of pyridine rings is 1. The third-order valence-corrected chi connectivity index (χ3v) is 5.12. The van der Waals surface area contributed by atoms with Crippen LogP contribution in [0.25, 0.3) is 11.3 Å². The minimum Gasteiger partial charge on any atom is -0.368 e. The van der Waals surface area contributed by atoms with E-state index in [2.05, 4.69) is 30.6 Å². The molecule has 0 amide bonds. The van der Waals surface area contributed by atoms with Gasteiger partial charge < -0.3 is 10.6 Å².